The smallest absolute Gasteiger partial charge is 0.262 e. The number of hydrogen-bond acceptors (Lipinski definition) is 4. The zero-order valence-electron chi connectivity index (χ0n) is 14.4. The van der Waals surface area contributed by atoms with Gasteiger partial charge in [0.25, 0.3) is 5.91 Å². The molecule has 3 rings (SSSR count). The van der Waals surface area contributed by atoms with Crippen LogP contribution in [0, 0.1) is 18.3 Å². The minimum absolute atomic E-state index is 0.0970. The lowest BCUT2D eigenvalue weighted by Crippen LogP contribution is -2.20. The molecular formula is C21H18N2O2S. The van der Waals surface area contributed by atoms with Gasteiger partial charge >= 0.3 is 0 Å². The van der Waals surface area contributed by atoms with E-state index in [-0.39, 0.29) is 12.5 Å². The number of ether oxygens (including phenoxy) is 1. The Morgan fingerprint density at radius 2 is 1.96 bits per heavy atom. The number of amides is 1. The van der Waals surface area contributed by atoms with Crippen LogP contribution >= 0.6 is 11.3 Å². The number of aryl methyl sites for hydroxylation is 1. The number of anilines is 1. The number of carbonyl (C=O) groups is 1. The van der Waals surface area contributed by atoms with Crippen LogP contribution in [0.15, 0.2) is 60.7 Å². The number of nitrogens with one attached hydrogen (secondary N) is 1. The Morgan fingerprint density at radius 3 is 2.69 bits per heavy atom. The molecule has 130 valence electrons. The second-order valence-corrected chi connectivity index (χ2v) is 7.02. The fourth-order valence-corrected chi connectivity index (χ4v) is 3.58. The second kappa shape index (κ2) is 8.32. The Hall–Kier alpha value is -3.10. The Morgan fingerprint density at radius 1 is 1.15 bits per heavy atom. The van der Waals surface area contributed by atoms with Gasteiger partial charge in [-0.25, -0.2) is 0 Å². The average molecular weight is 362 g/mol. The summed E-state index contributed by atoms with van der Waals surface area (Å²) in [5, 5.41) is 12.7. The van der Waals surface area contributed by atoms with Gasteiger partial charge in [-0.2, -0.15) is 5.26 Å². The summed E-state index contributed by atoms with van der Waals surface area (Å²) in [7, 11) is 0. The van der Waals surface area contributed by atoms with E-state index < -0.39 is 0 Å². The van der Waals surface area contributed by atoms with Crippen LogP contribution in [0.4, 0.5) is 5.00 Å². The predicted molar refractivity (Wildman–Crippen MR) is 104 cm³/mol. The number of hydrogen-bond donors (Lipinski definition) is 1. The van der Waals surface area contributed by atoms with Gasteiger partial charge in [0.05, 0.1) is 5.56 Å². The maximum absolute atomic E-state index is 12.2. The Balaban J connectivity index is 1.63. The summed E-state index contributed by atoms with van der Waals surface area (Å²) in [5.74, 6) is 0.368. The number of nitriles is 1. The van der Waals surface area contributed by atoms with E-state index in [2.05, 4.69) is 11.4 Å². The third-order valence-electron chi connectivity index (χ3n) is 3.74. The normalized spacial score (nSPS) is 10.2. The summed E-state index contributed by atoms with van der Waals surface area (Å²) in [6.45, 7) is 1.87. The standard InChI is InChI=1S/C21H18N2O2S/c1-15-6-5-9-18(10-15)25-14-20(24)23-21-17(13-22)12-19(26-21)11-16-7-3-2-4-8-16/h2-10,12H,11,14H2,1H3,(H,23,24). The largest absolute Gasteiger partial charge is 0.484 e. The van der Waals surface area contributed by atoms with Crippen molar-refractivity contribution in [2.45, 2.75) is 13.3 Å². The molecule has 0 fully saturated rings. The Bertz CT molecular complexity index is 942. The van der Waals surface area contributed by atoms with E-state index in [4.69, 9.17) is 4.74 Å². The van der Waals surface area contributed by atoms with Gasteiger partial charge in [0.1, 0.15) is 16.8 Å². The van der Waals surface area contributed by atoms with E-state index in [1.54, 1.807) is 0 Å². The van der Waals surface area contributed by atoms with Gasteiger partial charge in [-0.15, -0.1) is 11.3 Å². The summed E-state index contributed by atoms with van der Waals surface area (Å²) in [6, 6.07) is 21.5. The molecule has 26 heavy (non-hydrogen) atoms. The van der Waals surface area contributed by atoms with Crippen molar-refractivity contribution in [1.29, 1.82) is 5.26 Å². The molecule has 0 saturated heterocycles. The number of benzene rings is 2. The molecule has 0 bridgehead atoms. The van der Waals surface area contributed by atoms with Crippen molar-refractivity contribution in [3.05, 3.63) is 82.2 Å². The van der Waals surface area contributed by atoms with Crippen molar-refractivity contribution in [2.75, 3.05) is 11.9 Å². The molecule has 0 aliphatic rings. The first kappa shape index (κ1) is 17.7. The highest BCUT2D eigenvalue weighted by Gasteiger charge is 2.13. The molecule has 2 aromatic carbocycles. The molecule has 3 aromatic rings. The van der Waals surface area contributed by atoms with Crippen molar-refractivity contribution in [3.63, 3.8) is 0 Å². The van der Waals surface area contributed by atoms with E-state index in [1.807, 2.05) is 67.6 Å². The van der Waals surface area contributed by atoms with E-state index in [1.165, 1.54) is 16.9 Å². The molecule has 0 atom stereocenters. The highest BCUT2D eigenvalue weighted by atomic mass is 32.1. The van der Waals surface area contributed by atoms with Crippen LogP contribution in [0.25, 0.3) is 0 Å². The van der Waals surface area contributed by atoms with Gasteiger partial charge in [-0.3, -0.25) is 4.79 Å². The van der Waals surface area contributed by atoms with Crippen molar-refractivity contribution < 1.29 is 9.53 Å². The molecule has 0 saturated carbocycles. The molecule has 0 spiro atoms. The van der Waals surface area contributed by atoms with Crippen LogP contribution in [0.5, 0.6) is 5.75 Å². The van der Waals surface area contributed by atoms with Gasteiger partial charge in [0.2, 0.25) is 0 Å². The zero-order chi connectivity index (χ0) is 18.4. The lowest BCUT2D eigenvalue weighted by Gasteiger charge is -2.07. The van der Waals surface area contributed by atoms with E-state index >= 15 is 0 Å². The Labute approximate surface area is 156 Å². The van der Waals surface area contributed by atoms with E-state index in [0.29, 0.717) is 16.3 Å². The molecule has 1 N–H and O–H groups in total. The van der Waals surface area contributed by atoms with Gasteiger partial charge in [-0.1, -0.05) is 42.5 Å². The summed E-state index contributed by atoms with van der Waals surface area (Å²) in [6.07, 6.45) is 0.732. The average Bonchev–Trinajstić information content (AvgIpc) is 3.02. The highest BCUT2D eigenvalue weighted by molar-refractivity contribution is 7.16. The highest BCUT2D eigenvalue weighted by Crippen LogP contribution is 2.29. The van der Waals surface area contributed by atoms with Crippen molar-refractivity contribution in [1.82, 2.24) is 0 Å². The minimum Gasteiger partial charge on any atom is -0.484 e. The molecule has 1 aromatic heterocycles. The van der Waals surface area contributed by atoms with Crippen molar-refractivity contribution in [3.8, 4) is 11.8 Å². The van der Waals surface area contributed by atoms with Crippen LogP contribution in [-0.2, 0) is 11.2 Å². The number of carbonyl (C=O) groups excluding carboxylic acids is 1. The fourth-order valence-electron chi connectivity index (χ4n) is 2.52. The van der Waals surface area contributed by atoms with E-state index in [9.17, 15) is 10.1 Å². The molecule has 4 nitrogen and oxygen atoms in total. The van der Waals surface area contributed by atoms with Crippen molar-refractivity contribution in [2.24, 2.45) is 0 Å². The Kier molecular flexibility index (Phi) is 5.67. The zero-order valence-corrected chi connectivity index (χ0v) is 15.2. The maximum atomic E-state index is 12.2. The summed E-state index contributed by atoms with van der Waals surface area (Å²) >= 11 is 1.42. The first-order valence-corrected chi connectivity index (χ1v) is 9.02. The molecule has 0 radical (unpaired) electrons. The quantitative estimate of drug-likeness (QED) is 0.700. The van der Waals surface area contributed by atoms with Crippen LogP contribution in [-0.4, -0.2) is 12.5 Å². The number of rotatable bonds is 6. The molecule has 1 amide bonds. The summed E-state index contributed by atoms with van der Waals surface area (Å²) in [4.78, 5) is 13.2. The van der Waals surface area contributed by atoms with Crippen LogP contribution in [0.1, 0.15) is 21.6 Å². The molecule has 1 heterocycles. The maximum Gasteiger partial charge on any atom is 0.262 e. The lowest BCUT2D eigenvalue weighted by atomic mass is 10.1. The predicted octanol–water partition coefficient (Wildman–Crippen LogP) is 4.54. The fraction of sp³-hybridized carbons (Fsp3) is 0.143. The van der Waals surface area contributed by atoms with Crippen molar-refractivity contribution >= 4 is 22.2 Å². The minimum atomic E-state index is -0.281. The monoisotopic (exact) mass is 362 g/mol. The summed E-state index contributed by atoms with van der Waals surface area (Å²) < 4.78 is 5.51. The topological polar surface area (TPSA) is 62.1 Å². The SMILES string of the molecule is Cc1cccc(OCC(=O)Nc2sc(Cc3ccccc3)cc2C#N)c1. The van der Waals surface area contributed by atoms with Gasteiger partial charge in [-0.05, 0) is 36.2 Å². The van der Waals surface area contributed by atoms with Gasteiger partial charge < -0.3 is 10.1 Å². The third-order valence-corrected chi connectivity index (χ3v) is 4.79. The first-order valence-electron chi connectivity index (χ1n) is 8.20. The molecular weight excluding hydrogens is 344 g/mol. The second-order valence-electron chi connectivity index (χ2n) is 5.88. The lowest BCUT2D eigenvalue weighted by molar-refractivity contribution is -0.118. The summed E-state index contributed by atoms with van der Waals surface area (Å²) in [5.41, 5.74) is 2.71. The molecule has 5 heteroatoms. The van der Waals surface area contributed by atoms with Crippen LogP contribution < -0.4 is 10.1 Å². The molecule has 0 aliphatic carbocycles. The third kappa shape index (κ3) is 4.71. The molecule has 0 unspecified atom stereocenters. The van der Waals surface area contributed by atoms with E-state index in [0.717, 1.165) is 16.9 Å². The number of thiophene rings is 1. The van der Waals surface area contributed by atoms with Gasteiger partial charge in [0, 0.05) is 11.3 Å². The first-order chi connectivity index (χ1) is 12.6. The van der Waals surface area contributed by atoms with Crippen LogP contribution in [0.3, 0.4) is 0 Å². The number of nitrogens with zero attached hydrogens (tertiary/aromatic N) is 1. The van der Waals surface area contributed by atoms with Gasteiger partial charge in [0.15, 0.2) is 6.61 Å². The molecule has 0 aliphatic heterocycles. The van der Waals surface area contributed by atoms with Crippen LogP contribution in [0.2, 0.25) is 0 Å².